The third kappa shape index (κ3) is 2.60. The predicted molar refractivity (Wildman–Crippen MR) is 72.0 cm³/mol. The van der Waals surface area contributed by atoms with Gasteiger partial charge in [-0.1, -0.05) is 17.7 Å². The van der Waals surface area contributed by atoms with Crippen LogP contribution in [0.25, 0.3) is 0 Å². The van der Waals surface area contributed by atoms with Gasteiger partial charge >= 0.3 is 6.09 Å². The summed E-state index contributed by atoms with van der Waals surface area (Å²) in [6.45, 7) is 5.92. The summed E-state index contributed by atoms with van der Waals surface area (Å²) < 4.78 is 5.36. The standard InChI is InChI=1S/C13H17ClN2O2/c1-13(2,3)18-12(17)16-7-10(15)9-5-4-8(14)6-11(9)16/h4-6,10H,7,15H2,1-3H3. The number of anilines is 1. The number of nitrogens with two attached hydrogens (primary N) is 1. The second-order valence-electron chi connectivity index (χ2n) is 5.40. The van der Waals surface area contributed by atoms with Crippen LogP contribution in [0.3, 0.4) is 0 Å². The van der Waals surface area contributed by atoms with Crippen molar-refractivity contribution < 1.29 is 9.53 Å². The summed E-state index contributed by atoms with van der Waals surface area (Å²) in [4.78, 5) is 13.6. The third-order valence-electron chi connectivity index (χ3n) is 2.68. The third-order valence-corrected chi connectivity index (χ3v) is 2.91. The van der Waals surface area contributed by atoms with Gasteiger partial charge in [0.2, 0.25) is 0 Å². The van der Waals surface area contributed by atoms with Crippen molar-refractivity contribution in [3.8, 4) is 0 Å². The summed E-state index contributed by atoms with van der Waals surface area (Å²) in [5, 5.41) is 0.580. The highest BCUT2D eigenvalue weighted by atomic mass is 35.5. The number of fused-ring (bicyclic) bond motifs is 1. The van der Waals surface area contributed by atoms with Gasteiger partial charge in [-0.2, -0.15) is 0 Å². The molecule has 0 saturated heterocycles. The lowest BCUT2D eigenvalue weighted by Crippen LogP contribution is -2.36. The molecule has 0 aliphatic carbocycles. The average molecular weight is 269 g/mol. The van der Waals surface area contributed by atoms with E-state index in [0.717, 1.165) is 11.3 Å². The second-order valence-corrected chi connectivity index (χ2v) is 5.84. The molecule has 0 fully saturated rings. The first-order valence-corrected chi connectivity index (χ1v) is 6.21. The monoisotopic (exact) mass is 268 g/mol. The lowest BCUT2D eigenvalue weighted by atomic mass is 10.1. The molecule has 98 valence electrons. The Bertz CT molecular complexity index is 482. The average Bonchev–Trinajstić information content (AvgIpc) is 2.53. The number of hydrogen-bond donors (Lipinski definition) is 1. The summed E-state index contributed by atoms with van der Waals surface area (Å²) >= 11 is 5.95. The molecule has 4 nitrogen and oxygen atoms in total. The lowest BCUT2D eigenvalue weighted by molar-refractivity contribution is 0.0582. The quantitative estimate of drug-likeness (QED) is 0.787. The molecule has 5 heteroatoms. The van der Waals surface area contributed by atoms with Crippen LogP contribution in [-0.2, 0) is 4.74 Å². The molecular formula is C13H17ClN2O2. The molecular weight excluding hydrogens is 252 g/mol. The Balaban J connectivity index is 2.28. The van der Waals surface area contributed by atoms with Crippen molar-refractivity contribution in [3.63, 3.8) is 0 Å². The molecule has 1 aliphatic rings. The number of rotatable bonds is 0. The molecule has 1 aliphatic heterocycles. The minimum atomic E-state index is -0.525. The summed E-state index contributed by atoms with van der Waals surface area (Å²) in [6, 6.07) is 5.18. The Labute approximate surface area is 112 Å². The van der Waals surface area contributed by atoms with Crippen LogP contribution in [0, 0.1) is 0 Å². The number of nitrogens with zero attached hydrogens (tertiary/aromatic N) is 1. The Morgan fingerprint density at radius 1 is 1.50 bits per heavy atom. The molecule has 18 heavy (non-hydrogen) atoms. The summed E-state index contributed by atoms with van der Waals surface area (Å²) in [5.74, 6) is 0. The van der Waals surface area contributed by atoms with Gasteiger partial charge in [-0.15, -0.1) is 0 Å². The Morgan fingerprint density at radius 3 is 2.78 bits per heavy atom. The van der Waals surface area contributed by atoms with Gasteiger partial charge in [0.05, 0.1) is 11.7 Å². The van der Waals surface area contributed by atoms with Gasteiger partial charge in [0.15, 0.2) is 0 Å². The van der Waals surface area contributed by atoms with Crippen molar-refractivity contribution >= 4 is 23.4 Å². The highest BCUT2D eigenvalue weighted by Crippen LogP contribution is 2.36. The van der Waals surface area contributed by atoms with E-state index in [9.17, 15) is 4.79 Å². The molecule has 1 heterocycles. The number of benzene rings is 1. The molecule has 0 spiro atoms. The number of amides is 1. The lowest BCUT2D eigenvalue weighted by Gasteiger charge is -2.24. The number of carbonyl (C=O) groups excluding carboxylic acids is 1. The molecule has 0 radical (unpaired) electrons. The van der Waals surface area contributed by atoms with Gasteiger partial charge in [0.25, 0.3) is 0 Å². The topological polar surface area (TPSA) is 55.6 Å². The van der Waals surface area contributed by atoms with Gasteiger partial charge in [-0.05, 0) is 38.5 Å². The van der Waals surface area contributed by atoms with Gasteiger partial charge in [0, 0.05) is 11.6 Å². The van der Waals surface area contributed by atoms with Crippen LogP contribution >= 0.6 is 11.6 Å². The summed E-state index contributed by atoms with van der Waals surface area (Å²) in [7, 11) is 0. The smallest absolute Gasteiger partial charge is 0.414 e. The number of ether oxygens (including phenoxy) is 1. The zero-order valence-electron chi connectivity index (χ0n) is 10.7. The fourth-order valence-corrected chi connectivity index (χ4v) is 2.11. The Hall–Kier alpha value is -1.26. The first kappa shape index (κ1) is 13.2. The van der Waals surface area contributed by atoms with E-state index >= 15 is 0 Å². The molecule has 0 saturated carbocycles. The first-order valence-electron chi connectivity index (χ1n) is 5.83. The molecule has 0 aromatic heterocycles. The van der Waals surface area contributed by atoms with Crippen molar-refractivity contribution in [1.29, 1.82) is 0 Å². The SMILES string of the molecule is CC(C)(C)OC(=O)N1CC(N)c2ccc(Cl)cc21. The van der Waals surface area contributed by atoms with E-state index in [4.69, 9.17) is 22.1 Å². The first-order chi connectivity index (χ1) is 8.28. The maximum atomic E-state index is 12.1. The van der Waals surface area contributed by atoms with E-state index in [-0.39, 0.29) is 12.1 Å². The predicted octanol–water partition coefficient (Wildman–Crippen LogP) is 3.09. The largest absolute Gasteiger partial charge is 0.443 e. The fraction of sp³-hybridized carbons (Fsp3) is 0.462. The van der Waals surface area contributed by atoms with Crippen LogP contribution in [0.2, 0.25) is 5.02 Å². The normalized spacial score (nSPS) is 18.7. The minimum Gasteiger partial charge on any atom is -0.443 e. The van der Waals surface area contributed by atoms with Crippen LogP contribution in [0.1, 0.15) is 32.4 Å². The minimum absolute atomic E-state index is 0.190. The van der Waals surface area contributed by atoms with Crippen molar-refractivity contribution in [2.24, 2.45) is 5.73 Å². The van der Waals surface area contributed by atoms with Crippen molar-refractivity contribution in [2.45, 2.75) is 32.4 Å². The van der Waals surface area contributed by atoms with Crippen LogP contribution in [0.4, 0.5) is 10.5 Å². The molecule has 2 N–H and O–H groups in total. The van der Waals surface area contributed by atoms with E-state index < -0.39 is 5.60 Å². The van der Waals surface area contributed by atoms with Crippen molar-refractivity contribution in [3.05, 3.63) is 28.8 Å². The van der Waals surface area contributed by atoms with Crippen LogP contribution in [0.15, 0.2) is 18.2 Å². The molecule has 0 bridgehead atoms. The highest BCUT2D eigenvalue weighted by molar-refractivity contribution is 6.31. The number of hydrogen-bond acceptors (Lipinski definition) is 3. The summed E-state index contributed by atoms with van der Waals surface area (Å²) in [5.41, 5.74) is 7.13. The van der Waals surface area contributed by atoms with Gasteiger partial charge in [0.1, 0.15) is 5.60 Å². The zero-order chi connectivity index (χ0) is 13.5. The fourth-order valence-electron chi connectivity index (χ4n) is 1.95. The Kier molecular flexibility index (Phi) is 3.25. The van der Waals surface area contributed by atoms with E-state index in [0.29, 0.717) is 11.6 Å². The van der Waals surface area contributed by atoms with Gasteiger partial charge in [-0.25, -0.2) is 4.79 Å². The number of carbonyl (C=O) groups is 1. The van der Waals surface area contributed by atoms with Gasteiger partial charge < -0.3 is 10.5 Å². The molecule has 1 atom stereocenters. The number of halogens is 1. The molecule has 1 amide bonds. The Morgan fingerprint density at radius 2 is 2.17 bits per heavy atom. The van der Waals surface area contributed by atoms with E-state index in [1.807, 2.05) is 26.8 Å². The molecule has 2 rings (SSSR count). The second kappa shape index (κ2) is 4.44. The highest BCUT2D eigenvalue weighted by Gasteiger charge is 2.33. The summed E-state index contributed by atoms with van der Waals surface area (Å²) in [6.07, 6.45) is -0.390. The zero-order valence-corrected chi connectivity index (χ0v) is 11.5. The maximum Gasteiger partial charge on any atom is 0.414 e. The van der Waals surface area contributed by atoms with Crippen LogP contribution in [0.5, 0.6) is 0 Å². The van der Waals surface area contributed by atoms with E-state index in [2.05, 4.69) is 0 Å². The van der Waals surface area contributed by atoms with Crippen molar-refractivity contribution in [2.75, 3.05) is 11.4 Å². The molecule has 1 aromatic rings. The van der Waals surface area contributed by atoms with E-state index in [1.165, 1.54) is 4.90 Å². The van der Waals surface area contributed by atoms with Crippen LogP contribution < -0.4 is 10.6 Å². The van der Waals surface area contributed by atoms with E-state index in [1.54, 1.807) is 12.1 Å². The molecule has 1 unspecified atom stereocenters. The maximum absolute atomic E-state index is 12.1. The molecule has 1 aromatic carbocycles. The van der Waals surface area contributed by atoms with Crippen molar-refractivity contribution in [1.82, 2.24) is 0 Å². The van der Waals surface area contributed by atoms with Gasteiger partial charge in [-0.3, -0.25) is 4.90 Å². The van der Waals surface area contributed by atoms with Crippen LogP contribution in [-0.4, -0.2) is 18.2 Å².